The Morgan fingerprint density at radius 2 is 2.23 bits per heavy atom. The van der Waals surface area contributed by atoms with Gasteiger partial charge in [0.15, 0.2) is 0 Å². The molecule has 0 radical (unpaired) electrons. The lowest BCUT2D eigenvalue weighted by atomic mass is 10.0. The van der Waals surface area contributed by atoms with E-state index >= 15 is 0 Å². The summed E-state index contributed by atoms with van der Waals surface area (Å²) in [4.78, 5) is 16.7. The van der Waals surface area contributed by atoms with Crippen LogP contribution in [0.3, 0.4) is 0 Å². The number of nitrogen functional groups attached to an aromatic ring is 1. The molecule has 1 aliphatic rings. The molecule has 2 aromatic rings. The highest BCUT2D eigenvalue weighted by Gasteiger charge is 2.25. The molecule has 1 aliphatic heterocycles. The van der Waals surface area contributed by atoms with Gasteiger partial charge >= 0.3 is 0 Å². The first-order valence-corrected chi connectivity index (χ1v) is 8.40. The fraction of sp³-hybridized carbons (Fsp3) is 0.389. The molecule has 2 aromatic heterocycles. The second-order valence-corrected chi connectivity index (χ2v) is 6.48. The minimum absolute atomic E-state index is 0.0370. The van der Waals surface area contributed by atoms with E-state index < -0.39 is 0 Å². The predicted molar refractivity (Wildman–Crippen MR) is 98.0 cm³/mol. The van der Waals surface area contributed by atoms with Gasteiger partial charge in [0.25, 0.3) is 5.91 Å². The van der Waals surface area contributed by atoms with E-state index in [1.54, 1.807) is 18.3 Å². The van der Waals surface area contributed by atoms with Crippen LogP contribution in [0.5, 0.6) is 5.88 Å². The number of hydrogen-bond donors (Lipinski definition) is 3. The predicted octanol–water partition coefficient (Wildman–Crippen LogP) is 1.60. The SMILES string of the molecule is COc1nccc(N)c1C(=N)c1cc(C(=O)NC2COC2)n(C(C)C)c1. The van der Waals surface area contributed by atoms with Crippen LogP contribution in [-0.2, 0) is 4.74 Å². The molecule has 0 atom stereocenters. The Bertz CT molecular complexity index is 839. The van der Waals surface area contributed by atoms with Crippen molar-refractivity contribution in [2.24, 2.45) is 0 Å². The Hall–Kier alpha value is -2.87. The summed E-state index contributed by atoms with van der Waals surface area (Å²) < 4.78 is 12.2. The molecular weight excluding hydrogens is 334 g/mol. The molecule has 0 bridgehead atoms. The number of methoxy groups -OCH3 is 1. The number of amides is 1. The molecule has 1 fully saturated rings. The fourth-order valence-electron chi connectivity index (χ4n) is 2.81. The van der Waals surface area contributed by atoms with Crippen LogP contribution in [0.4, 0.5) is 5.69 Å². The van der Waals surface area contributed by atoms with Crippen LogP contribution in [0.1, 0.15) is 41.5 Å². The lowest BCUT2D eigenvalue weighted by Gasteiger charge is -2.27. The van der Waals surface area contributed by atoms with Gasteiger partial charge in [0.1, 0.15) is 5.69 Å². The van der Waals surface area contributed by atoms with Gasteiger partial charge in [-0.25, -0.2) is 4.98 Å². The standard InChI is InChI=1S/C18H23N5O3/c1-10(2)23-7-11(6-14(23)17(24)22-12-8-26-9-12)16(20)15-13(19)4-5-21-18(15)25-3/h4-7,10,12,20H,8-9H2,1-3H3,(H2,19,21)(H,22,24). The smallest absolute Gasteiger partial charge is 0.268 e. The quantitative estimate of drug-likeness (QED) is 0.679. The van der Waals surface area contributed by atoms with Gasteiger partial charge in [0, 0.05) is 29.7 Å². The Labute approximate surface area is 151 Å². The lowest BCUT2D eigenvalue weighted by molar-refractivity contribution is -0.00363. The van der Waals surface area contributed by atoms with Crippen LogP contribution in [0.2, 0.25) is 0 Å². The van der Waals surface area contributed by atoms with Crippen LogP contribution in [0.25, 0.3) is 0 Å². The number of hydrogen-bond acceptors (Lipinski definition) is 6. The molecule has 1 saturated heterocycles. The summed E-state index contributed by atoms with van der Waals surface area (Å²) in [5, 5.41) is 11.5. The molecule has 0 aliphatic carbocycles. The zero-order valence-corrected chi connectivity index (χ0v) is 15.1. The van der Waals surface area contributed by atoms with Gasteiger partial charge in [-0.3, -0.25) is 10.2 Å². The average molecular weight is 357 g/mol. The number of anilines is 1. The Morgan fingerprint density at radius 1 is 1.50 bits per heavy atom. The van der Waals surface area contributed by atoms with Crippen molar-refractivity contribution in [2.75, 3.05) is 26.1 Å². The van der Waals surface area contributed by atoms with Gasteiger partial charge in [0.2, 0.25) is 5.88 Å². The summed E-state index contributed by atoms with van der Waals surface area (Å²) in [6.45, 7) is 5.02. The van der Waals surface area contributed by atoms with Crippen molar-refractivity contribution >= 4 is 17.3 Å². The topological polar surface area (TPSA) is 115 Å². The molecule has 26 heavy (non-hydrogen) atoms. The van der Waals surface area contributed by atoms with E-state index in [4.69, 9.17) is 20.6 Å². The van der Waals surface area contributed by atoms with Gasteiger partial charge < -0.3 is 25.1 Å². The summed E-state index contributed by atoms with van der Waals surface area (Å²) >= 11 is 0. The molecule has 0 saturated carbocycles. The van der Waals surface area contributed by atoms with Gasteiger partial charge in [-0.15, -0.1) is 0 Å². The maximum Gasteiger partial charge on any atom is 0.268 e. The third-order valence-electron chi connectivity index (χ3n) is 4.29. The maximum absolute atomic E-state index is 12.6. The summed E-state index contributed by atoms with van der Waals surface area (Å²) in [5.41, 5.74) is 8.07. The van der Waals surface area contributed by atoms with E-state index in [-0.39, 0.29) is 29.6 Å². The van der Waals surface area contributed by atoms with Crippen LogP contribution < -0.4 is 15.8 Å². The van der Waals surface area contributed by atoms with Crippen molar-refractivity contribution in [3.05, 3.63) is 41.3 Å². The second-order valence-electron chi connectivity index (χ2n) is 6.48. The summed E-state index contributed by atoms with van der Waals surface area (Å²) in [7, 11) is 1.48. The van der Waals surface area contributed by atoms with Gasteiger partial charge in [-0.2, -0.15) is 0 Å². The molecule has 1 amide bonds. The zero-order chi connectivity index (χ0) is 18.8. The van der Waals surface area contributed by atoms with E-state index in [9.17, 15) is 4.79 Å². The van der Waals surface area contributed by atoms with Crippen molar-refractivity contribution in [3.8, 4) is 5.88 Å². The number of nitrogens with two attached hydrogens (primary N) is 1. The third kappa shape index (κ3) is 3.28. The molecule has 8 heteroatoms. The minimum atomic E-state index is -0.183. The number of aromatic nitrogens is 2. The highest BCUT2D eigenvalue weighted by atomic mass is 16.5. The molecule has 4 N–H and O–H groups in total. The summed E-state index contributed by atoms with van der Waals surface area (Å²) in [5.74, 6) is 0.0992. The fourth-order valence-corrected chi connectivity index (χ4v) is 2.81. The van der Waals surface area contributed by atoms with Crippen LogP contribution in [0, 0.1) is 5.41 Å². The second kappa shape index (κ2) is 7.17. The van der Waals surface area contributed by atoms with Gasteiger partial charge in [0.05, 0.1) is 37.6 Å². The Balaban J connectivity index is 1.97. The zero-order valence-electron chi connectivity index (χ0n) is 15.1. The van der Waals surface area contributed by atoms with Crippen molar-refractivity contribution < 1.29 is 14.3 Å². The van der Waals surface area contributed by atoms with Crippen molar-refractivity contribution in [1.29, 1.82) is 5.41 Å². The molecular formula is C18H23N5O3. The van der Waals surface area contributed by atoms with Gasteiger partial charge in [-0.05, 0) is 26.0 Å². The van der Waals surface area contributed by atoms with Crippen molar-refractivity contribution in [1.82, 2.24) is 14.9 Å². The number of rotatable bonds is 6. The maximum atomic E-state index is 12.6. The average Bonchev–Trinajstić information content (AvgIpc) is 3.03. The first-order chi connectivity index (χ1) is 12.4. The van der Waals surface area contributed by atoms with Crippen molar-refractivity contribution in [3.63, 3.8) is 0 Å². The summed E-state index contributed by atoms with van der Waals surface area (Å²) in [6.07, 6.45) is 3.31. The third-order valence-corrected chi connectivity index (χ3v) is 4.29. The summed E-state index contributed by atoms with van der Waals surface area (Å²) in [6, 6.07) is 3.41. The first kappa shape index (κ1) is 17.9. The molecule has 138 valence electrons. The Morgan fingerprint density at radius 3 is 2.81 bits per heavy atom. The number of ether oxygens (including phenoxy) is 2. The molecule has 0 spiro atoms. The molecule has 8 nitrogen and oxygen atoms in total. The van der Waals surface area contributed by atoms with E-state index in [0.29, 0.717) is 35.7 Å². The van der Waals surface area contributed by atoms with Crippen LogP contribution in [0.15, 0.2) is 24.5 Å². The number of pyridine rings is 1. The van der Waals surface area contributed by atoms with E-state index in [1.165, 1.54) is 13.3 Å². The molecule has 0 aromatic carbocycles. The van der Waals surface area contributed by atoms with Crippen LogP contribution >= 0.6 is 0 Å². The van der Waals surface area contributed by atoms with E-state index in [1.807, 2.05) is 18.4 Å². The number of carbonyl (C=O) groups excluding carboxylic acids is 1. The Kier molecular flexibility index (Phi) is 4.94. The first-order valence-electron chi connectivity index (χ1n) is 8.40. The highest BCUT2D eigenvalue weighted by Crippen LogP contribution is 2.26. The van der Waals surface area contributed by atoms with Gasteiger partial charge in [-0.1, -0.05) is 0 Å². The van der Waals surface area contributed by atoms with Crippen LogP contribution in [-0.4, -0.2) is 47.5 Å². The minimum Gasteiger partial charge on any atom is -0.480 e. The molecule has 0 unspecified atom stereocenters. The largest absolute Gasteiger partial charge is 0.480 e. The number of nitrogens with zero attached hydrogens (tertiary/aromatic N) is 2. The van der Waals surface area contributed by atoms with E-state index in [0.717, 1.165) is 0 Å². The molecule has 3 rings (SSSR count). The normalized spacial score (nSPS) is 14.2. The number of carbonyl (C=O) groups is 1. The highest BCUT2D eigenvalue weighted by molar-refractivity contribution is 6.16. The monoisotopic (exact) mass is 357 g/mol. The lowest BCUT2D eigenvalue weighted by Crippen LogP contribution is -2.49. The van der Waals surface area contributed by atoms with Crippen molar-refractivity contribution in [2.45, 2.75) is 25.9 Å². The molecule has 3 heterocycles. The number of nitrogens with one attached hydrogen (secondary N) is 2. The van der Waals surface area contributed by atoms with E-state index in [2.05, 4.69) is 10.3 Å².